The summed E-state index contributed by atoms with van der Waals surface area (Å²) in [6.07, 6.45) is 3.52. The molecule has 1 N–H and O–H groups in total. The topological polar surface area (TPSA) is 20.2 Å². The van der Waals surface area contributed by atoms with Crippen LogP contribution in [0.15, 0.2) is 0 Å². The Balaban J connectivity index is 0.00000121. The van der Waals surface area contributed by atoms with E-state index in [-0.39, 0.29) is 33.4 Å². The van der Waals surface area contributed by atoms with Gasteiger partial charge in [0.1, 0.15) is 0 Å². The third-order valence-corrected chi connectivity index (χ3v) is 2.99. The van der Waals surface area contributed by atoms with E-state index in [0.29, 0.717) is 11.8 Å². The van der Waals surface area contributed by atoms with Crippen molar-refractivity contribution < 1.29 is 5.11 Å². The second-order valence-corrected chi connectivity index (χ2v) is 4.39. The fourth-order valence-electron chi connectivity index (χ4n) is 2.15. The van der Waals surface area contributed by atoms with Crippen LogP contribution in [-0.2, 0) is 0 Å². The number of aliphatic hydroxyl groups is 1. The van der Waals surface area contributed by atoms with E-state index in [9.17, 15) is 5.11 Å². The van der Waals surface area contributed by atoms with Gasteiger partial charge in [-0.25, -0.2) is 0 Å². The van der Waals surface area contributed by atoms with Gasteiger partial charge in [0.15, 0.2) is 0 Å². The summed E-state index contributed by atoms with van der Waals surface area (Å²) in [6.45, 7) is 6.66. The molecule has 0 aromatic rings. The summed E-state index contributed by atoms with van der Waals surface area (Å²) in [5, 5.41) is 9.71. The van der Waals surface area contributed by atoms with Crippen LogP contribution < -0.4 is 0 Å². The molecule has 2 radical (unpaired) electrons. The molecule has 2 heteroatoms. The number of rotatable bonds is 1. The predicted molar refractivity (Wildman–Crippen MR) is 55.9 cm³/mol. The van der Waals surface area contributed by atoms with Gasteiger partial charge in [0.2, 0.25) is 0 Å². The Morgan fingerprint density at radius 3 is 2.25 bits per heavy atom. The van der Waals surface area contributed by atoms with Crippen LogP contribution in [0.5, 0.6) is 0 Å². The first kappa shape index (κ1) is 12.9. The Morgan fingerprint density at radius 2 is 1.83 bits per heavy atom. The van der Waals surface area contributed by atoms with Crippen molar-refractivity contribution in [2.45, 2.75) is 46.1 Å². The molecule has 3 unspecified atom stereocenters. The van der Waals surface area contributed by atoms with Gasteiger partial charge in [0, 0.05) is 0 Å². The third kappa shape index (κ3) is 3.32. The second kappa shape index (κ2) is 5.58. The Labute approximate surface area is 96.1 Å². The van der Waals surface area contributed by atoms with Crippen LogP contribution in [0, 0.1) is 17.8 Å². The van der Waals surface area contributed by atoms with Gasteiger partial charge in [-0.15, -0.1) is 0 Å². The molecule has 1 nitrogen and oxygen atoms in total. The van der Waals surface area contributed by atoms with Crippen LogP contribution in [0.4, 0.5) is 0 Å². The van der Waals surface area contributed by atoms with Crippen molar-refractivity contribution in [3.8, 4) is 0 Å². The molecular weight excluding hydrogens is 343 g/mol. The number of aliphatic hydroxyl groups excluding tert-OH is 1. The normalized spacial score (nSPS) is 36.2. The zero-order valence-corrected chi connectivity index (χ0v) is 14.1. The SMILES string of the molecule is CC1CCC(C(C)C)C(O)C1.[PbH2]. The van der Waals surface area contributed by atoms with E-state index in [0.717, 1.165) is 12.3 Å². The minimum atomic E-state index is -0.0289. The molecule has 0 aromatic heterocycles. The zero-order chi connectivity index (χ0) is 8.43. The van der Waals surface area contributed by atoms with Gasteiger partial charge < -0.3 is 5.11 Å². The summed E-state index contributed by atoms with van der Waals surface area (Å²) in [5.74, 6) is 1.95. The number of hydrogen-bond donors (Lipinski definition) is 1. The molecule has 0 bridgehead atoms. The van der Waals surface area contributed by atoms with Crippen LogP contribution in [0.25, 0.3) is 0 Å². The van der Waals surface area contributed by atoms with Crippen LogP contribution in [0.2, 0.25) is 0 Å². The summed E-state index contributed by atoms with van der Waals surface area (Å²) >= 11 is 0. The average Bonchev–Trinajstić information content (AvgIpc) is 1.85. The van der Waals surface area contributed by atoms with Crippen LogP contribution in [-0.4, -0.2) is 38.5 Å². The Bertz CT molecular complexity index is 125. The van der Waals surface area contributed by atoms with Gasteiger partial charge in [0.25, 0.3) is 0 Å². The van der Waals surface area contributed by atoms with E-state index in [1.165, 1.54) is 12.8 Å². The molecule has 12 heavy (non-hydrogen) atoms. The zero-order valence-electron chi connectivity index (χ0n) is 8.59. The molecule has 0 heterocycles. The van der Waals surface area contributed by atoms with Gasteiger partial charge >= 0.3 is 27.3 Å². The molecule has 1 rings (SSSR count). The molecular formula is C10H22OPb. The van der Waals surface area contributed by atoms with Crippen LogP contribution in [0.3, 0.4) is 0 Å². The van der Waals surface area contributed by atoms with Gasteiger partial charge in [0.05, 0.1) is 6.10 Å². The Hall–Kier alpha value is 0.882. The molecule has 1 saturated carbocycles. The van der Waals surface area contributed by atoms with Crippen LogP contribution >= 0.6 is 0 Å². The molecule has 0 saturated heterocycles. The standard InChI is InChI=1S/C10H20O.Pb.2H/c1-7(2)9-5-4-8(3)6-10(9)11;;;/h7-11H,4-6H2,1-3H3;;;. The molecule has 0 aliphatic heterocycles. The van der Waals surface area contributed by atoms with E-state index in [1.807, 2.05) is 0 Å². The van der Waals surface area contributed by atoms with Crippen molar-refractivity contribution in [2.75, 3.05) is 0 Å². The summed E-state index contributed by atoms with van der Waals surface area (Å²) in [6, 6.07) is 0. The Morgan fingerprint density at radius 1 is 1.25 bits per heavy atom. The van der Waals surface area contributed by atoms with Crippen molar-refractivity contribution in [1.29, 1.82) is 0 Å². The van der Waals surface area contributed by atoms with Crippen molar-refractivity contribution in [3.63, 3.8) is 0 Å². The first-order valence-electron chi connectivity index (χ1n) is 4.79. The molecule has 3 atom stereocenters. The van der Waals surface area contributed by atoms with E-state index in [4.69, 9.17) is 0 Å². The molecule has 0 amide bonds. The van der Waals surface area contributed by atoms with Crippen molar-refractivity contribution in [2.24, 2.45) is 17.8 Å². The first-order valence-corrected chi connectivity index (χ1v) is 4.79. The number of hydrogen-bond acceptors (Lipinski definition) is 1. The monoisotopic (exact) mass is 366 g/mol. The molecule has 1 aliphatic rings. The van der Waals surface area contributed by atoms with Crippen LogP contribution in [0.1, 0.15) is 40.0 Å². The quantitative estimate of drug-likeness (QED) is 0.699. The molecule has 1 fully saturated rings. The Kier molecular flexibility index (Phi) is 5.99. The average molecular weight is 365 g/mol. The van der Waals surface area contributed by atoms with E-state index >= 15 is 0 Å². The maximum atomic E-state index is 9.71. The first-order chi connectivity index (χ1) is 5.11. The minimum absolute atomic E-state index is 0. The predicted octanol–water partition coefficient (Wildman–Crippen LogP) is 1.52. The molecule has 0 aromatic carbocycles. The fourth-order valence-corrected chi connectivity index (χ4v) is 2.15. The maximum absolute atomic E-state index is 9.71. The van der Waals surface area contributed by atoms with Gasteiger partial charge in [-0.05, 0) is 30.6 Å². The molecule has 72 valence electrons. The van der Waals surface area contributed by atoms with Crippen molar-refractivity contribution in [3.05, 3.63) is 0 Å². The second-order valence-electron chi connectivity index (χ2n) is 4.39. The van der Waals surface area contributed by atoms with Gasteiger partial charge in [-0.3, -0.25) is 0 Å². The van der Waals surface area contributed by atoms with Gasteiger partial charge in [-0.1, -0.05) is 27.2 Å². The molecule has 1 aliphatic carbocycles. The summed E-state index contributed by atoms with van der Waals surface area (Å²) in [5.41, 5.74) is 0. The summed E-state index contributed by atoms with van der Waals surface area (Å²) in [7, 11) is 0. The summed E-state index contributed by atoms with van der Waals surface area (Å²) < 4.78 is 0. The van der Waals surface area contributed by atoms with Crippen molar-refractivity contribution in [1.82, 2.24) is 0 Å². The van der Waals surface area contributed by atoms with E-state index in [1.54, 1.807) is 0 Å². The van der Waals surface area contributed by atoms with E-state index in [2.05, 4.69) is 20.8 Å². The fraction of sp³-hybridized carbons (Fsp3) is 1.00. The van der Waals surface area contributed by atoms with E-state index < -0.39 is 0 Å². The molecule has 0 spiro atoms. The van der Waals surface area contributed by atoms with Crippen molar-refractivity contribution >= 4 is 27.3 Å². The summed E-state index contributed by atoms with van der Waals surface area (Å²) in [4.78, 5) is 0. The van der Waals surface area contributed by atoms with Gasteiger partial charge in [-0.2, -0.15) is 0 Å². The third-order valence-electron chi connectivity index (χ3n) is 2.99.